The molecule has 0 aromatic rings. The first-order chi connectivity index (χ1) is 9.94. The van der Waals surface area contributed by atoms with E-state index in [0.717, 1.165) is 6.42 Å². The van der Waals surface area contributed by atoms with Crippen LogP contribution in [0.1, 0.15) is 40.0 Å². The summed E-state index contributed by atoms with van der Waals surface area (Å²) in [4.78, 5) is 26.4. The Balaban J connectivity index is 2.56. The fourth-order valence-corrected chi connectivity index (χ4v) is 2.45. The van der Waals surface area contributed by atoms with Crippen molar-refractivity contribution in [2.45, 2.75) is 51.6 Å². The predicted octanol–water partition coefficient (Wildman–Crippen LogP) is 0.945. The van der Waals surface area contributed by atoms with Crippen LogP contribution in [0.15, 0.2) is 0 Å². The number of carbonyl (C=O) groups excluding carboxylic acids is 2. The average molecular weight is 300 g/mol. The van der Waals surface area contributed by atoms with Gasteiger partial charge in [-0.15, -0.1) is 0 Å². The van der Waals surface area contributed by atoms with Gasteiger partial charge in [-0.2, -0.15) is 0 Å². The molecule has 6 heteroatoms. The molecular formula is C15H28N2O4. The molecule has 2 amide bonds. The number of rotatable bonds is 8. The molecule has 2 atom stereocenters. The molecule has 0 aromatic carbocycles. The molecule has 0 aliphatic carbocycles. The van der Waals surface area contributed by atoms with Crippen molar-refractivity contribution in [3.63, 3.8) is 0 Å². The largest absolute Gasteiger partial charge is 0.382 e. The van der Waals surface area contributed by atoms with Crippen LogP contribution < -0.4 is 5.32 Å². The average Bonchev–Trinajstić information content (AvgIpc) is 2.52. The lowest BCUT2D eigenvalue weighted by Gasteiger charge is -2.33. The molecule has 1 heterocycles. The zero-order chi connectivity index (χ0) is 15.9. The van der Waals surface area contributed by atoms with Crippen LogP contribution in [0.2, 0.25) is 0 Å². The highest BCUT2D eigenvalue weighted by molar-refractivity contribution is 5.93. The molecule has 1 aliphatic heterocycles. The summed E-state index contributed by atoms with van der Waals surface area (Å²) < 4.78 is 10.3. The maximum atomic E-state index is 12.7. The van der Waals surface area contributed by atoms with Crippen molar-refractivity contribution in [1.82, 2.24) is 10.2 Å². The zero-order valence-corrected chi connectivity index (χ0v) is 13.6. The van der Waals surface area contributed by atoms with E-state index in [1.54, 1.807) is 18.9 Å². The van der Waals surface area contributed by atoms with Gasteiger partial charge in [0.05, 0.1) is 13.2 Å². The molecular weight excluding hydrogens is 272 g/mol. The molecule has 1 fully saturated rings. The molecule has 21 heavy (non-hydrogen) atoms. The van der Waals surface area contributed by atoms with Gasteiger partial charge in [-0.1, -0.05) is 6.92 Å². The first kappa shape index (κ1) is 17.9. The lowest BCUT2D eigenvalue weighted by Crippen LogP contribution is -2.55. The number of amides is 2. The van der Waals surface area contributed by atoms with Crippen LogP contribution in [0.5, 0.6) is 0 Å². The maximum absolute atomic E-state index is 12.7. The number of carbonyl (C=O) groups is 2. The van der Waals surface area contributed by atoms with Crippen molar-refractivity contribution in [3.05, 3.63) is 0 Å². The normalized spacial score (nSPS) is 26.7. The summed E-state index contributed by atoms with van der Waals surface area (Å²) in [5.41, 5.74) is -0.793. The monoisotopic (exact) mass is 300 g/mol. The van der Waals surface area contributed by atoms with Gasteiger partial charge in [0.15, 0.2) is 0 Å². The van der Waals surface area contributed by atoms with Crippen molar-refractivity contribution in [1.29, 1.82) is 0 Å². The van der Waals surface area contributed by atoms with E-state index in [2.05, 4.69) is 5.32 Å². The molecule has 122 valence electrons. The second-order valence-corrected chi connectivity index (χ2v) is 5.74. The Morgan fingerprint density at radius 3 is 2.67 bits per heavy atom. The van der Waals surface area contributed by atoms with Gasteiger partial charge in [-0.25, -0.2) is 0 Å². The minimum absolute atomic E-state index is 0.000224. The fourth-order valence-electron chi connectivity index (χ4n) is 2.45. The molecule has 0 radical (unpaired) electrons. The summed E-state index contributed by atoms with van der Waals surface area (Å²) >= 11 is 0. The Morgan fingerprint density at radius 1 is 1.33 bits per heavy atom. The van der Waals surface area contributed by atoms with Gasteiger partial charge < -0.3 is 19.7 Å². The first-order valence-corrected chi connectivity index (χ1v) is 7.63. The number of methoxy groups -OCH3 is 1. The van der Waals surface area contributed by atoms with Crippen LogP contribution in [0.25, 0.3) is 0 Å². The molecule has 6 nitrogen and oxygen atoms in total. The van der Waals surface area contributed by atoms with E-state index in [0.29, 0.717) is 39.2 Å². The molecule has 1 saturated heterocycles. The second-order valence-electron chi connectivity index (χ2n) is 5.74. The first-order valence-electron chi connectivity index (χ1n) is 7.63. The van der Waals surface area contributed by atoms with Crippen molar-refractivity contribution >= 4 is 11.8 Å². The molecule has 0 bridgehead atoms. The summed E-state index contributed by atoms with van der Waals surface area (Å²) in [5, 5.41) is 2.86. The van der Waals surface area contributed by atoms with Crippen LogP contribution in [-0.2, 0) is 19.1 Å². The highest BCUT2D eigenvalue weighted by Gasteiger charge is 2.41. The van der Waals surface area contributed by atoms with Gasteiger partial charge in [0.2, 0.25) is 11.8 Å². The number of nitrogens with zero attached hydrogens (tertiary/aromatic N) is 1. The fraction of sp³-hybridized carbons (Fsp3) is 0.867. The minimum Gasteiger partial charge on any atom is -0.382 e. The Morgan fingerprint density at radius 2 is 2.05 bits per heavy atom. The number of nitrogens with one attached hydrogen (secondary N) is 1. The SMILES string of the molecule is CCC1(C)NC(=O)CC(C)N(CCCOCCOC)C1=O. The van der Waals surface area contributed by atoms with E-state index in [-0.39, 0.29) is 17.9 Å². The molecule has 0 saturated carbocycles. The van der Waals surface area contributed by atoms with Crippen molar-refractivity contribution in [2.24, 2.45) is 0 Å². The smallest absolute Gasteiger partial charge is 0.248 e. The van der Waals surface area contributed by atoms with E-state index in [1.807, 2.05) is 13.8 Å². The zero-order valence-electron chi connectivity index (χ0n) is 13.6. The van der Waals surface area contributed by atoms with E-state index in [1.165, 1.54) is 0 Å². The molecule has 1 rings (SSSR count). The minimum atomic E-state index is -0.793. The van der Waals surface area contributed by atoms with E-state index in [9.17, 15) is 9.59 Å². The third-order valence-corrected chi connectivity index (χ3v) is 3.99. The Labute approximate surface area is 127 Å². The van der Waals surface area contributed by atoms with E-state index >= 15 is 0 Å². The lowest BCUT2D eigenvalue weighted by atomic mass is 9.97. The van der Waals surface area contributed by atoms with Gasteiger partial charge in [-0.3, -0.25) is 9.59 Å². The van der Waals surface area contributed by atoms with Crippen LogP contribution in [0.3, 0.4) is 0 Å². The lowest BCUT2D eigenvalue weighted by molar-refractivity contribution is -0.139. The van der Waals surface area contributed by atoms with Crippen LogP contribution in [0, 0.1) is 0 Å². The van der Waals surface area contributed by atoms with Crippen LogP contribution in [0.4, 0.5) is 0 Å². The summed E-state index contributed by atoms with van der Waals surface area (Å²) in [6.07, 6.45) is 1.70. The van der Waals surface area contributed by atoms with Gasteiger partial charge in [0, 0.05) is 32.7 Å². The Hall–Kier alpha value is -1.14. The third-order valence-electron chi connectivity index (χ3n) is 3.99. The summed E-state index contributed by atoms with van der Waals surface area (Å²) in [7, 11) is 1.64. The van der Waals surface area contributed by atoms with E-state index in [4.69, 9.17) is 9.47 Å². The topological polar surface area (TPSA) is 67.9 Å². The van der Waals surface area contributed by atoms with E-state index < -0.39 is 5.54 Å². The van der Waals surface area contributed by atoms with Crippen molar-refractivity contribution < 1.29 is 19.1 Å². The summed E-state index contributed by atoms with van der Waals surface area (Å²) in [6.45, 7) is 7.97. The number of hydrogen-bond acceptors (Lipinski definition) is 4. The highest BCUT2D eigenvalue weighted by atomic mass is 16.5. The van der Waals surface area contributed by atoms with Gasteiger partial charge in [0.25, 0.3) is 0 Å². The predicted molar refractivity (Wildman–Crippen MR) is 79.9 cm³/mol. The van der Waals surface area contributed by atoms with Gasteiger partial charge >= 0.3 is 0 Å². The maximum Gasteiger partial charge on any atom is 0.248 e. The highest BCUT2D eigenvalue weighted by Crippen LogP contribution is 2.21. The molecule has 1 N–H and O–H groups in total. The van der Waals surface area contributed by atoms with Gasteiger partial charge in [0.1, 0.15) is 5.54 Å². The number of ether oxygens (including phenoxy) is 2. The van der Waals surface area contributed by atoms with Gasteiger partial charge in [-0.05, 0) is 26.7 Å². The van der Waals surface area contributed by atoms with Crippen LogP contribution >= 0.6 is 0 Å². The van der Waals surface area contributed by atoms with Crippen molar-refractivity contribution in [3.8, 4) is 0 Å². The molecule has 0 aromatic heterocycles. The summed E-state index contributed by atoms with van der Waals surface area (Å²) in [5.74, 6) is -0.0562. The summed E-state index contributed by atoms with van der Waals surface area (Å²) in [6, 6.07) is -0.0788. The standard InChI is InChI=1S/C15H28N2O4/c1-5-15(3)14(19)17(12(2)11-13(18)16-15)7-6-8-21-10-9-20-4/h12H,5-11H2,1-4H3,(H,16,18). The van der Waals surface area contributed by atoms with Crippen molar-refractivity contribution in [2.75, 3.05) is 33.5 Å². The molecule has 0 spiro atoms. The number of hydrogen-bond donors (Lipinski definition) is 1. The Kier molecular flexibility index (Phi) is 7.11. The van der Waals surface area contributed by atoms with Crippen LogP contribution in [-0.4, -0.2) is 61.8 Å². The second kappa shape index (κ2) is 8.34. The molecule has 1 aliphatic rings. The third kappa shape index (κ3) is 4.97. The Bertz CT molecular complexity index is 362. The molecule has 2 unspecified atom stereocenters. The quantitative estimate of drug-likeness (QED) is 0.678.